The van der Waals surface area contributed by atoms with Gasteiger partial charge in [0.25, 0.3) is 0 Å². The van der Waals surface area contributed by atoms with Crippen molar-refractivity contribution >= 4 is 12.0 Å². The summed E-state index contributed by atoms with van der Waals surface area (Å²) in [4.78, 5) is 21.8. The number of carbonyl (C=O) groups is 2. The van der Waals surface area contributed by atoms with E-state index in [0.717, 1.165) is 0 Å². The molecule has 0 saturated heterocycles. The molecule has 0 aromatic rings. The molecule has 0 aliphatic carbocycles. The normalized spacial score (nSPS) is 12.1. The van der Waals surface area contributed by atoms with Gasteiger partial charge in [-0.25, -0.2) is 4.79 Å². The minimum atomic E-state index is -4.22. The topological polar surface area (TPSA) is 78.4 Å². The second kappa shape index (κ2) is 7.20. The highest BCUT2D eigenvalue weighted by molar-refractivity contribution is 5.74. The van der Waals surface area contributed by atoms with E-state index in [0.29, 0.717) is 0 Å². The molecule has 0 unspecified atom stereocenters. The number of alkyl halides is 3. The Kier molecular flexibility index (Phi) is 6.64. The summed E-state index contributed by atoms with van der Waals surface area (Å²) in [6, 6.07) is -0.599. The molecule has 5 nitrogen and oxygen atoms in total. The van der Waals surface area contributed by atoms with E-state index in [2.05, 4.69) is 10.6 Å². The predicted octanol–water partition coefficient (Wildman–Crippen LogP) is 2.27. The molecule has 0 aromatic heterocycles. The van der Waals surface area contributed by atoms with E-state index in [4.69, 9.17) is 5.11 Å². The Morgan fingerprint density at radius 3 is 2.21 bits per heavy atom. The average molecular weight is 284 g/mol. The SMILES string of the molecule is CC(C)(CCC(=O)O)NC(=O)NCCCC(F)(F)F. The van der Waals surface area contributed by atoms with Gasteiger partial charge in [-0.3, -0.25) is 4.79 Å². The Labute approximate surface area is 109 Å². The zero-order valence-electron chi connectivity index (χ0n) is 10.9. The van der Waals surface area contributed by atoms with Crippen LogP contribution in [0.4, 0.5) is 18.0 Å². The molecule has 0 fully saturated rings. The van der Waals surface area contributed by atoms with Crippen molar-refractivity contribution in [2.75, 3.05) is 6.54 Å². The molecular weight excluding hydrogens is 265 g/mol. The number of rotatable bonds is 7. The number of carboxylic acid groups (broad SMARTS) is 1. The van der Waals surface area contributed by atoms with Crippen LogP contribution in [0, 0.1) is 0 Å². The first kappa shape index (κ1) is 17.5. The van der Waals surface area contributed by atoms with Crippen LogP contribution < -0.4 is 10.6 Å². The Morgan fingerprint density at radius 1 is 1.16 bits per heavy atom. The van der Waals surface area contributed by atoms with Crippen LogP contribution in [0.5, 0.6) is 0 Å². The molecule has 0 aromatic carbocycles. The number of aliphatic carboxylic acids is 1. The van der Waals surface area contributed by atoms with Gasteiger partial charge in [0.2, 0.25) is 0 Å². The lowest BCUT2D eigenvalue weighted by Gasteiger charge is -2.25. The first-order chi connectivity index (χ1) is 8.52. The number of carbonyl (C=O) groups excluding carboxylic acids is 1. The second-order valence-electron chi connectivity index (χ2n) is 4.88. The molecule has 0 rings (SSSR count). The van der Waals surface area contributed by atoms with Crippen molar-refractivity contribution in [2.24, 2.45) is 0 Å². The van der Waals surface area contributed by atoms with Crippen molar-refractivity contribution < 1.29 is 27.9 Å². The lowest BCUT2D eigenvalue weighted by Crippen LogP contribution is -2.48. The number of hydrogen-bond donors (Lipinski definition) is 3. The van der Waals surface area contributed by atoms with E-state index in [1.54, 1.807) is 13.8 Å². The fourth-order valence-corrected chi connectivity index (χ4v) is 1.32. The van der Waals surface area contributed by atoms with Crippen molar-refractivity contribution in [1.29, 1.82) is 0 Å². The van der Waals surface area contributed by atoms with Gasteiger partial charge >= 0.3 is 18.2 Å². The Balaban J connectivity index is 3.87. The van der Waals surface area contributed by atoms with Crippen molar-refractivity contribution in [2.45, 2.75) is 51.2 Å². The van der Waals surface area contributed by atoms with E-state index < -0.39 is 30.1 Å². The van der Waals surface area contributed by atoms with E-state index in [1.807, 2.05) is 0 Å². The molecule has 0 spiro atoms. The van der Waals surface area contributed by atoms with E-state index in [9.17, 15) is 22.8 Å². The zero-order valence-corrected chi connectivity index (χ0v) is 10.9. The molecule has 0 aliphatic rings. The van der Waals surface area contributed by atoms with Gasteiger partial charge in [-0.05, 0) is 26.7 Å². The fourth-order valence-electron chi connectivity index (χ4n) is 1.32. The maximum atomic E-state index is 11.8. The van der Waals surface area contributed by atoms with Gasteiger partial charge in [-0.15, -0.1) is 0 Å². The van der Waals surface area contributed by atoms with E-state index in [-0.39, 0.29) is 25.8 Å². The molecule has 112 valence electrons. The van der Waals surface area contributed by atoms with Crippen LogP contribution in [-0.2, 0) is 4.79 Å². The molecule has 0 aliphatic heterocycles. The molecule has 0 atom stereocenters. The highest BCUT2D eigenvalue weighted by Gasteiger charge is 2.26. The summed E-state index contributed by atoms with van der Waals surface area (Å²) in [6.07, 6.45) is -5.22. The smallest absolute Gasteiger partial charge is 0.389 e. The van der Waals surface area contributed by atoms with E-state index >= 15 is 0 Å². The molecule has 0 bridgehead atoms. The van der Waals surface area contributed by atoms with Crippen LogP contribution >= 0.6 is 0 Å². The molecule has 8 heteroatoms. The van der Waals surface area contributed by atoms with Crippen molar-refractivity contribution in [3.05, 3.63) is 0 Å². The monoisotopic (exact) mass is 284 g/mol. The lowest BCUT2D eigenvalue weighted by molar-refractivity contribution is -0.137. The summed E-state index contributed by atoms with van der Waals surface area (Å²) in [5.41, 5.74) is -0.730. The molecule has 0 radical (unpaired) electrons. The number of halogens is 3. The molecule has 3 N–H and O–H groups in total. The number of urea groups is 1. The van der Waals surface area contributed by atoms with Gasteiger partial charge in [-0.2, -0.15) is 13.2 Å². The van der Waals surface area contributed by atoms with Gasteiger partial charge in [0.15, 0.2) is 0 Å². The van der Waals surface area contributed by atoms with Gasteiger partial charge < -0.3 is 15.7 Å². The number of hydrogen-bond acceptors (Lipinski definition) is 2. The third-order valence-corrected chi connectivity index (χ3v) is 2.34. The summed E-state index contributed by atoms with van der Waals surface area (Å²) in [5.74, 6) is -0.972. The maximum absolute atomic E-state index is 11.8. The Hall–Kier alpha value is -1.47. The first-order valence-electron chi connectivity index (χ1n) is 5.86. The highest BCUT2D eigenvalue weighted by atomic mass is 19.4. The van der Waals surface area contributed by atoms with Crippen LogP contribution in [0.2, 0.25) is 0 Å². The number of nitrogens with one attached hydrogen (secondary N) is 2. The third-order valence-electron chi connectivity index (χ3n) is 2.34. The second-order valence-corrected chi connectivity index (χ2v) is 4.88. The largest absolute Gasteiger partial charge is 0.481 e. The molecule has 2 amide bonds. The summed E-state index contributed by atoms with van der Waals surface area (Å²) in [6.45, 7) is 3.21. The van der Waals surface area contributed by atoms with Crippen LogP contribution in [0.3, 0.4) is 0 Å². The van der Waals surface area contributed by atoms with Crippen molar-refractivity contribution in [3.8, 4) is 0 Å². The van der Waals surface area contributed by atoms with Gasteiger partial charge in [0.1, 0.15) is 0 Å². The van der Waals surface area contributed by atoms with Gasteiger partial charge in [-0.1, -0.05) is 0 Å². The van der Waals surface area contributed by atoms with Crippen LogP contribution in [0.1, 0.15) is 39.5 Å². The van der Waals surface area contributed by atoms with Crippen LogP contribution in [-0.4, -0.2) is 35.4 Å². The summed E-state index contributed by atoms with van der Waals surface area (Å²) in [5, 5.41) is 13.3. The quantitative estimate of drug-likeness (QED) is 0.627. The minimum Gasteiger partial charge on any atom is -0.481 e. The lowest BCUT2D eigenvalue weighted by atomic mass is 9.99. The molecule has 0 saturated carbocycles. The van der Waals surface area contributed by atoms with Crippen molar-refractivity contribution in [1.82, 2.24) is 10.6 Å². The average Bonchev–Trinajstić information content (AvgIpc) is 2.20. The maximum Gasteiger partial charge on any atom is 0.389 e. The Bertz CT molecular complexity index is 317. The number of carboxylic acids is 1. The van der Waals surface area contributed by atoms with Crippen molar-refractivity contribution in [3.63, 3.8) is 0 Å². The number of amides is 2. The predicted molar refractivity (Wildman–Crippen MR) is 62.8 cm³/mol. The molecule has 0 heterocycles. The third kappa shape index (κ3) is 11.4. The summed E-state index contributed by atoms with van der Waals surface area (Å²) >= 11 is 0. The minimum absolute atomic E-state index is 0.0830. The summed E-state index contributed by atoms with van der Waals surface area (Å²) in [7, 11) is 0. The molecule has 19 heavy (non-hydrogen) atoms. The molecular formula is C11H19F3N2O3. The standard InChI is InChI=1S/C11H19F3N2O3/c1-10(2,6-4-8(17)18)16-9(19)15-7-3-5-11(12,13)14/h3-7H2,1-2H3,(H,17,18)(H2,15,16,19). The Morgan fingerprint density at radius 2 is 1.74 bits per heavy atom. The fraction of sp³-hybridized carbons (Fsp3) is 0.818. The van der Waals surface area contributed by atoms with Gasteiger partial charge in [0, 0.05) is 24.9 Å². The van der Waals surface area contributed by atoms with Gasteiger partial charge in [0.05, 0.1) is 0 Å². The zero-order chi connectivity index (χ0) is 15.1. The van der Waals surface area contributed by atoms with Crippen LogP contribution in [0.25, 0.3) is 0 Å². The highest BCUT2D eigenvalue weighted by Crippen LogP contribution is 2.20. The summed E-state index contributed by atoms with van der Waals surface area (Å²) < 4.78 is 35.5. The van der Waals surface area contributed by atoms with Crippen LogP contribution in [0.15, 0.2) is 0 Å². The first-order valence-corrected chi connectivity index (χ1v) is 5.86. The van der Waals surface area contributed by atoms with E-state index in [1.165, 1.54) is 0 Å².